The molecule has 0 saturated carbocycles. The summed E-state index contributed by atoms with van der Waals surface area (Å²) < 4.78 is 11.7. The molecule has 1 N–H and O–H groups in total. The molecule has 3 nitrogen and oxygen atoms in total. The lowest BCUT2D eigenvalue weighted by molar-refractivity contribution is 0.0969. The molecule has 3 rings (SSSR count). The number of ether oxygens (including phenoxy) is 2. The summed E-state index contributed by atoms with van der Waals surface area (Å²) in [6.07, 6.45) is 1.70. The topological polar surface area (TPSA) is 38.7 Å². The van der Waals surface area contributed by atoms with Crippen molar-refractivity contribution in [2.24, 2.45) is 0 Å². The Balaban J connectivity index is 1.75. The van der Waals surface area contributed by atoms with Gasteiger partial charge in [0, 0.05) is 0 Å². The molecule has 0 aromatic heterocycles. The first-order chi connectivity index (χ1) is 10.3. The molecule has 21 heavy (non-hydrogen) atoms. The summed E-state index contributed by atoms with van der Waals surface area (Å²) in [6.45, 7) is 2.66. The molecule has 0 bridgehead atoms. The van der Waals surface area contributed by atoms with Crippen LogP contribution in [0.3, 0.4) is 0 Å². The molecule has 0 aliphatic carbocycles. The van der Waals surface area contributed by atoms with Crippen LogP contribution in [-0.2, 0) is 13.0 Å². The fraction of sp³-hybridized carbons (Fsp3) is 0.333. The normalized spacial score (nSPS) is 17.0. The smallest absolute Gasteiger partial charge is 0.126 e. The molecule has 1 atom stereocenters. The summed E-state index contributed by atoms with van der Waals surface area (Å²) >= 11 is 0. The standard InChI is InChI=1S/C18H20O3/c1-13-9-17(20-12-14-5-3-2-4-6-14)10-15-7-8-16(11-19)21-18(13)15/h2-6,9-10,16,19H,7-8,11-12H2,1H3. The Bertz CT molecular complexity index is 607. The maximum Gasteiger partial charge on any atom is 0.126 e. The van der Waals surface area contributed by atoms with Crippen LogP contribution < -0.4 is 9.47 Å². The Hall–Kier alpha value is -2.00. The maximum atomic E-state index is 9.22. The van der Waals surface area contributed by atoms with Gasteiger partial charge in [-0.1, -0.05) is 30.3 Å². The van der Waals surface area contributed by atoms with Crippen molar-refractivity contribution in [1.82, 2.24) is 0 Å². The monoisotopic (exact) mass is 284 g/mol. The number of aryl methyl sites for hydroxylation is 2. The minimum Gasteiger partial charge on any atom is -0.489 e. The summed E-state index contributed by atoms with van der Waals surface area (Å²) in [5.74, 6) is 1.79. The van der Waals surface area contributed by atoms with Crippen LogP contribution in [0.1, 0.15) is 23.1 Å². The number of hydrogen-bond donors (Lipinski definition) is 1. The molecule has 0 amide bonds. The second-order valence-electron chi connectivity index (χ2n) is 5.46. The average Bonchev–Trinajstić information content (AvgIpc) is 2.54. The summed E-state index contributed by atoms with van der Waals surface area (Å²) in [6, 6.07) is 14.2. The van der Waals surface area contributed by atoms with Gasteiger partial charge >= 0.3 is 0 Å². The number of benzene rings is 2. The first-order valence-electron chi connectivity index (χ1n) is 7.34. The molecule has 0 saturated heterocycles. The van der Waals surface area contributed by atoms with E-state index in [2.05, 4.69) is 18.2 Å². The number of aliphatic hydroxyl groups excluding tert-OH is 1. The molecule has 1 aliphatic rings. The first-order valence-corrected chi connectivity index (χ1v) is 7.34. The average molecular weight is 284 g/mol. The minimum absolute atomic E-state index is 0.0745. The molecular weight excluding hydrogens is 264 g/mol. The lowest BCUT2D eigenvalue weighted by atomic mass is 9.99. The predicted octanol–water partition coefficient (Wildman–Crippen LogP) is 3.26. The number of hydrogen-bond acceptors (Lipinski definition) is 3. The van der Waals surface area contributed by atoms with E-state index in [1.165, 1.54) is 5.56 Å². The third-order valence-electron chi connectivity index (χ3n) is 3.80. The van der Waals surface area contributed by atoms with Gasteiger partial charge in [-0.15, -0.1) is 0 Å². The van der Waals surface area contributed by atoms with Crippen LogP contribution in [0.4, 0.5) is 0 Å². The van der Waals surface area contributed by atoms with Gasteiger partial charge < -0.3 is 14.6 Å². The molecule has 1 unspecified atom stereocenters. The minimum atomic E-state index is -0.0766. The van der Waals surface area contributed by atoms with E-state index >= 15 is 0 Å². The summed E-state index contributed by atoms with van der Waals surface area (Å²) in [5.41, 5.74) is 3.39. The van der Waals surface area contributed by atoms with Gasteiger partial charge in [-0.3, -0.25) is 0 Å². The first kappa shape index (κ1) is 14.0. The van der Waals surface area contributed by atoms with E-state index < -0.39 is 0 Å². The van der Waals surface area contributed by atoms with E-state index in [1.807, 2.05) is 31.2 Å². The molecule has 0 spiro atoms. The van der Waals surface area contributed by atoms with E-state index in [4.69, 9.17) is 9.47 Å². The third-order valence-corrected chi connectivity index (χ3v) is 3.80. The molecule has 0 radical (unpaired) electrons. The maximum absolute atomic E-state index is 9.22. The Labute approximate surface area is 125 Å². The quantitative estimate of drug-likeness (QED) is 0.936. The van der Waals surface area contributed by atoms with Gasteiger partial charge in [0.25, 0.3) is 0 Å². The molecule has 110 valence electrons. The van der Waals surface area contributed by atoms with Crippen molar-refractivity contribution in [2.75, 3.05) is 6.61 Å². The molecule has 1 heterocycles. The van der Waals surface area contributed by atoms with Gasteiger partial charge in [0.1, 0.15) is 24.2 Å². The van der Waals surface area contributed by atoms with E-state index in [0.717, 1.165) is 35.5 Å². The highest BCUT2D eigenvalue weighted by Gasteiger charge is 2.21. The van der Waals surface area contributed by atoms with Crippen molar-refractivity contribution in [3.63, 3.8) is 0 Å². The van der Waals surface area contributed by atoms with Gasteiger partial charge in [0.2, 0.25) is 0 Å². The van der Waals surface area contributed by atoms with Crippen molar-refractivity contribution in [2.45, 2.75) is 32.5 Å². The second-order valence-corrected chi connectivity index (χ2v) is 5.46. The Morgan fingerprint density at radius 1 is 1.24 bits per heavy atom. The van der Waals surface area contributed by atoms with Crippen molar-refractivity contribution in [3.05, 3.63) is 59.2 Å². The van der Waals surface area contributed by atoms with Crippen LogP contribution in [0.15, 0.2) is 42.5 Å². The highest BCUT2D eigenvalue weighted by atomic mass is 16.5. The summed E-state index contributed by atoms with van der Waals surface area (Å²) in [4.78, 5) is 0. The number of fused-ring (bicyclic) bond motifs is 1. The zero-order valence-corrected chi connectivity index (χ0v) is 12.2. The van der Waals surface area contributed by atoms with Crippen molar-refractivity contribution >= 4 is 0 Å². The molecule has 0 fully saturated rings. The molecule has 2 aromatic rings. The Morgan fingerprint density at radius 3 is 2.81 bits per heavy atom. The van der Waals surface area contributed by atoms with Gasteiger partial charge in [-0.25, -0.2) is 0 Å². The van der Waals surface area contributed by atoms with E-state index in [-0.39, 0.29) is 12.7 Å². The molecule has 2 aromatic carbocycles. The zero-order valence-electron chi connectivity index (χ0n) is 12.2. The zero-order chi connectivity index (χ0) is 14.7. The highest BCUT2D eigenvalue weighted by Crippen LogP contribution is 2.34. The second kappa shape index (κ2) is 6.19. The van der Waals surface area contributed by atoms with Crippen LogP contribution in [0.25, 0.3) is 0 Å². The largest absolute Gasteiger partial charge is 0.489 e. The SMILES string of the molecule is Cc1cc(OCc2ccccc2)cc2c1OC(CO)CC2. The highest BCUT2D eigenvalue weighted by molar-refractivity contribution is 5.48. The van der Waals surface area contributed by atoms with E-state index in [1.54, 1.807) is 0 Å². The van der Waals surface area contributed by atoms with Crippen LogP contribution in [0.2, 0.25) is 0 Å². The van der Waals surface area contributed by atoms with Gasteiger partial charge in [-0.05, 0) is 48.6 Å². The van der Waals surface area contributed by atoms with Crippen LogP contribution in [0.5, 0.6) is 11.5 Å². The van der Waals surface area contributed by atoms with Crippen molar-refractivity contribution < 1.29 is 14.6 Å². The molecular formula is C18H20O3. The fourth-order valence-corrected chi connectivity index (χ4v) is 2.66. The lowest BCUT2D eigenvalue weighted by Gasteiger charge is -2.26. The van der Waals surface area contributed by atoms with Crippen LogP contribution in [-0.4, -0.2) is 17.8 Å². The van der Waals surface area contributed by atoms with Crippen molar-refractivity contribution in [3.8, 4) is 11.5 Å². The third kappa shape index (κ3) is 3.19. The van der Waals surface area contributed by atoms with Gasteiger partial charge in [0.15, 0.2) is 0 Å². The van der Waals surface area contributed by atoms with Crippen LogP contribution >= 0.6 is 0 Å². The lowest BCUT2D eigenvalue weighted by Crippen LogP contribution is -2.26. The van der Waals surface area contributed by atoms with Gasteiger partial charge in [0.05, 0.1) is 6.61 Å². The van der Waals surface area contributed by atoms with E-state index in [9.17, 15) is 5.11 Å². The molecule has 1 aliphatic heterocycles. The summed E-state index contributed by atoms with van der Waals surface area (Å²) in [7, 11) is 0. The fourth-order valence-electron chi connectivity index (χ4n) is 2.66. The Morgan fingerprint density at radius 2 is 2.05 bits per heavy atom. The molecule has 3 heteroatoms. The van der Waals surface area contributed by atoms with E-state index in [0.29, 0.717) is 6.61 Å². The number of aliphatic hydroxyl groups is 1. The van der Waals surface area contributed by atoms with Gasteiger partial charge in [-0.2, -0.15) is 0 Å². The predicted molar refractivity (Wildman–Crippen MR) is 81.8 cm³/mol. The summed E-state index contributed by atoms with van der Waals surface area (Å²) in [5, 5.41) is 9.22. The van der Waals surface area contributed by atoms with Crippen LogP contribution in [0, 0.1) is 6.92 Å². The Kier molecular flexibility index (Phi) is 4.11. The van der Waals surface area contributed by atoms with Crippen molar-refractivity contribution in [1.29, 1.82) is 0 Å². The number of rotatable bonds is 4.